The molecule has 0 atom stereocenters. The van der Waals surface area contributed by atoms with Gasteiger partial charge in [-0.25, -0.2) is 0 Å². The van der Waals surface area contributed by atoms with Gasteiger partial charge in [0, 0.05) is 19.7 Å². The third-order valence-corrected chi connectivity index (χ3v) is 2.05. The molecule has 0 saturated heterocycles. The van der Waals surface area contributed by atoms with E-state index in [-0.39, 0.29) is 24.0 Å². The Morgan fingerprint density at radius 2 is 1.88 bits per heavy atom. The van der Waals surface area contributed by atoms with Crippen molar-refractivity contribution in [3.8, 4) is 0 Å². The van der Waals surface area contributed by atoms with Gasteiger partial charge >= 0.3 is 0 Å². The van der Waals surface area contributed by atoms with Crippen LogP contribution < -0.4 is 5.73 Å². The Morgan fingerprint density at radius 1 is 1.31 bits per heavy atom. The molecule has 0 aromatic carbocycles. The first-order valence-corrected chi connectivity index (χ1v) is 5.74. The standard InChI is InChI=1S/C11H25N3O.HI/c1-5-14(6-2)11(12)13-7-8-15-9-10(3)4;/h10H,5-9H2,1-4H3,(H2,12,13);1H. The molecule has 4 nitrogen and oxygen atoms in total. The molecule has 0 bridgehead atoms. The molecule has 0 aromatic rings. The quantitative estimate of drug-likeness (QED) is 0.333. The highest BCUT2D eigenvalue weighted by Gasteiger charge is 2.00. The minimum atomic E-state index is 0. The lowest BCUT2D eigenvalue weighted by Crippen LogP contribution is -2.37. The third kappa shape index (κ3) is 9.21. The molecule has 0 amide bonds. The summed E-state index contributed by atoms with van der Waals surface area (Å²) in [6.07, 6.45) is 0. The van der Waals surface area contributed by atoms with Crippen LogP contribution in [-0.2, 0) is 4.74 Å². The Balaban J connectivity index is 0. The molecule has 0 saturated carbocycles. The summed E-state index contributed by atoms with van der Waals surface area (Å²) in [5.74, 6) is 1.20. The van der Waals surface area contributed by atoms with Crippen molar-refractivity contribution in [1.82, 2.24) is 4.90 Å². The minimum absolute atomic E-state index is 0. The zero-order chi connectivity index (χ0) is 11.7. The van der Waals surface area contributed by atoms with Crippen LogP contribution in [0.2, 0.25) is 0 Å². The second-order valence-corrected chi connectivity index (χ2v) is 3.88. The van der Waals surface area contributed by atoms with Crippen molar-refractivity contribution in [3.63, 3.8) is 0 Å². The van der Waals surface area contributed by atoms with Gasteiger partial charge in [0.2, 0.25) is 0 Å². The lowest BCUT2D eigenvalue weighted by molar-refractivity contribution is 0.116. The zero-order valence-corrected chi connectivity index (χ0v) is 13.2. The SMILES string of the molecule is CCN(CC)C(N)=NCCOCC(C)C.I. The van der Waals surface area contributed by atoms with E-state index in [2.05, 4.69) is 32.7 Å². The van der Waals surface area contributed by atoms with Crippen molar-refractivity contribution in [2.24, 2.45) is 16.6 Å². The molecule has 0 aliphatic rings. The minimum Gasteiger partial charge on any atom is -0.379 e. The normalized spacial score (nSPS) is 11.4. The van der Waals surface area contributed by atoms with Gasteiger partial charge in [-0.3, -0.25) is 4.99 Å². The molecular formula is C11H26IN3O. The fourth-order valence-electron chi connectivity index (χ4n) is 1.19. The van der Waals surface area contributed by atoms with Crippen LogP contribution in [0.25, 0.3) is 0 Å². The summed E-state index contributed by atoms with van der Waals surface area (Å²) in [5, 5.41) is 0. The first kappa shape index (κ1) is 18.3. The van der Waals surface area contributed by atoms with Crippen molar-refractivity contribution >= 4 is 29.9 Å². The largest absolute Gasteiger partial charge is 0.379 e. The Bertz CT molecular complexity index is 182. The van der Waals surface area contributed by atoms with Gasteiger partial charge in [0.05, 0.1) is 13.2 Å². The first-order chi connectivity index (χ1) is 7.11. The van der Waals surface area contributed by atoms with Crippen LogP contribution in [0.15, 0.2) is 4.99 Å². The summed E-state index contributed by atoms with van der Waals surface area (Å²) >= 11 is 0. The maximum atomic E-state index is 5.80. The molecule has 0 aliphatic heterocycles. The summed E-state index contributed by atoms with van der Waals surface area (Å²) < 4.78 is 5.41. The van der Waals surface area contributed by atoms with Crippen molar-refractivity contribution in [2.75, 3.05) is 32.8 Å². The molecule has 2 N–H and O–H groups in total. The number of hydrogen-bond donors (Lipinski definition) is 1. The maximum absolute atomic E-state index is 5.80. The average Bonchev–Trinajstić information content (AvgIpc) is 2.18. The highest BCUT2D eigenvalue weighted by atomic mass is 127. The van der Waals surface area contributed by atoms with E-state index in [1.54, 1.807) is 0 Å². The second kappa shape index (κ2) is 11.4. The monoisotopic (exact) mass is 343 g/mol. The topological polar surface area (TPSA) is 50.8 Å². The molecular weight excluding hydrogens is 317 g/mol. The van der Waals surface area contributed by atoms with Crippen LogP contribution in [0.4, 0.5) is 0 Å². The zero-order valence-electron chi connectivity index (χ0n) is 10.9. The van der Waals surface area contributed by atoms with E-state index < -0.39 is 0 Å². The van der Waals surface area contributed by atoms with Crippen molar-refractivity contribution < 1.29 is 4.74 Å². The van der Waals surface area contributed by atoms with Crippen LogP contribution >= 0.6 is 24.0 Å². The lowest BCUT2D eigenvalue weighted by Gasteiger charge is -2.19. The second-order valence-electron chi connectivity index (χ2n) is 3.88. The van der Waals surface area contributed by atoms with Crippen LogP contribution in [0.5, 0.6) is 0 Å². The molecule has 0 aromatic heterocycles. The highest BCUT2D eigenvalue weighted by molar-refractivity contribution is 14.0. The Hall–Kier alpha value is -0.0400. The van der Waals surface area contributed by atoms with Crippen LogP contribution in [0.1, 0.15) is 27.7 Å². The van der Waals surface area contributed by atoms with Gasteiger partial charge in [0.15, 0.2) is 5.96 Å². The number of rotatable bonds is 7. The van der Waals surface area contributed by atoms with E-state index in [9.17, 15) is 0 Å². The van der Waals surface area contributed by atoms with E-state index >= 15 is 0 Å². The van der Waals surface area contributed by atoms with Crippen LogP contribution in [0, 0.1) is 5.92 Å². The van der Waals surface area contributed by atoms with E-state index in [1.165, 1.54) is 0 Å². The Kier molecular flexibility index (Phi) is 13.1. The Morgan fingerprint density at radius 3 is 2.31 bits per heavy atom. The van der Waals surface area contributed by atoms with Gasteiger partial charge in [-0.1, -0.05) is 13.8 Å². The van der Waals surface area contributed by atoms with Gasteiger partial charge < -0.3 is 15.4 Å². The summed E-state index contributed by atoms with van der Waals surface area (Å²) in [6.45, 7) is 12.3. The summed E-state index contributed by atoms with van der Waals surface area (Å²) in [5.41, 5.74) is 5.80. The number of hydrogen-bond acceptors (Lipinski definition) is 2. The number of halogens is 1. The molecule has 0 heterocycles. The molecule has 0 unspecified atom stereocenters. The van der Waals surface area contributed by atoms with Gasteiger partial charge in [-0.2, -0.15) is 0 Å². The number of guanidine groups is 1. The van der Waals surface area contributed by atoms with Crippen molar-refractivity contribution in [1.29, 1.82) is 0 Å². The number of aliphatic imine (C=N–C) groups is 1. The van der Waals surface area contributed by atoms with E-state index in [0.29, 0.717) is 25.0 Å². The van der Waals surface area contributed by atoms with E-state index in [0.717, 1.165) is 19.7 Å². The molecule has 5 heteroatoms. The van der Waals surface area contributed by atoms with Gasteiger partial charge in [-0.15, -0.1) is 24.0 Å². The number of nitrogens with zero attached hydrogens (tertiary/aromatic N) is 2. The summed E-state index contributed by atoms with van der Waals surface area (Å²) in [6, 6.07) is 0. The number of ether oxygens (including phenoxy) is 1. The fourth-order valence-corrected chi connectivity index (χ4v) is 1.19. The summed E-state index contributed by atoms with van der Waals surface area (Å²) in [4.78, 5) is 6.29. The molecule has 0 fully saturated rings. The Labute approximate surface area is 117 Å². The predicted molar refractivity (Wildman–Crippen MR) is 80.5 cm³/mol. The van der Waals surface area contributed by atoms with E-state index in [4.69, 9.17) is 10.5 Å². The van der Waals surface area contributed by atoms with Crippen LogP contribution in [-0.4, -0.2) is 43.7 Å². The average molecular weight is 343 g/mol. The van der Waals surface area contributed by atoms with Crippen LogP contribution in [0.3, 0.4) is 0 Å². The number of nitrogens with two attached hydrogens (primary N) is 1. The van der Waals surface area contributed by atoms with Crippen molar-refractivity contribution in [2.45, 2.75) is 27.7 Å². The first-order valence-electron chi connectivity index (χ1n) is 5.74. The maximum Gasteiger partial charge on any atom is 0.191 e. The molecule has 0 aliphatic carbocycles. The van der Waals surface area contributed by atoms with Gasteiger partial charge in [0.25, 0.3) is 0 Å². The smallest absolute Gasteiger partial charge is 0.191 e. The predicted octanol–water partition coefficient (Wildman–Crippen LogP) is 1.93. The molecule has 0 spiro atoms. The molecule has 98 valence electrons. The highest BCUT2D eigenvalue weighted by Crippen LogP contribution is 1.92. The van der Waals surface area contributed by atoms with E-state index in [1.807, 2.05) is 4.90 Å². The third-order valence-electron chi connectivity index (χ3n) is 2.05. The lowest BCUT2D eigenvalue weighted by atomic mass is 10.2. The molecule has 16 heavy (non-hydrogen) atoms. The molecule has 0 radical (unpaired) electrons. The summed E-state index contributed by atoms with van der Waals surface area (Å²) in [7, 11) is 0. The van der Waals surface area contributed by atoms with Crippen molar-refractivity contribution in [3.05, 3.63) is 0 Å². The molecule has 0 rings (SSSR count). The van der Waals surface area contributed by atoms with Gasteiger partial charge in [-0.05, 0) is 19.8 Å². The fraction of sp³-hybridized carbons (Fsp3) is 0.909. The van der Waals surface area contributed by atoms with Gasteiger partial charge in [0.1, 0.15) is 0 Å².